The van der Waals surface area contributed by atoms with Gasteiger partial charge in [0, 0.05) is 31.7 Å². The van der Waals surface area contributed by atoms with E-state index in [0.29, 0.717) is 23.8 Å². The predicted molar refractivity (Wildman–Crippen MR) is 83.8 cm³/mol. The van der Waals surface area contributed by atoms with Crippen LogP contribution in [0.4, 0.5) is 0 Å². The molecule has 0 saturated carbocycles. The minimum atomic E-state index is 0.365. The van der Waals surface area contributed by atoms with E-state index in [4.69, 9.17) is 0 Å². The molecule has 1 aliphatic rings. The van der Waals surface area contributed by atoms with Gasteiger partial charge in [0.2, 0.25) is 0 Å². The molecule has 1 aliphatic heterocycles. The van der Waals surface area contributed by atoms with Gasteiger partial charge in [0.05, 0.1) is 0 Å². The third kappa shape index (κ3) is 3.74. The van der Waals surface area contributed by atoms with Gasteiger partial charge >= 0.3 is 0 Å². The summed E-state index contributed by atoms with van der Waals surface area (Å²) in [5.74, 6) is 1.07. The normalized spacial score (nSPS) is 25.6. The highest BCUT2D eigenvalue weighted by Crippen LogP contribution is 2.21. The van der Waals surface area contributed by atoms with Crippen LogP contribution >= 0.6 is 0 Å². The van der Waals surface area contributed by atoms with Gasteiger partial charge in [0.25, 0.3) is 0 Å². The van der Waals surface area contributed by atoms with E-state index in [-0.39, 0.29) is 0 Å². The highest BCUT2D eigenvalue weighted by atomic mass is 16.3. The van der Waals surface area contributed by atoms with Crippen LogP contribution in [0.15, 0.2) is 24.3 Å². The first-order chi connectivity index (χ1) is 9.63. The molecule has 1 aromatic carbocycles. The molecule has 0 spiro atoms. The van der Waals surface area contributed by atoms with Crippen LogP contribution in [0.1, 0.15) is 39.2 Å². The summed E-state index contributed by atoms with van der Waals surface area (Å²) in [5.41, 5.74) is 1.20. The maximum atomic E-state index is 9.61. The first kappa shape index (κ1) is 15.3. The van der Waals surface area contributed by atoms with Crippen LogP contribution in [0.2, 0.25) is 0 Å². The number of hydrogen-bond acceptors (Lipinski definition) is 3. The molecule has 3 nitrogen and oxygen atoms in total. The second kappa shape index (κ2) is 7.09. The summed E-state index contributed by atoms with van der Waals surface area (Å²) in [5, 5.41) is 13.3. The number of benzene rings is 1. The van der Waals surface area contributed by atoms with Crippen LogP contribution in [0.5, 0.6) is 5.75 Å². The molecule has 0 aromatic heterocycles. The molecule has 2 N–H and O–H groups in total. The third-order valence-corrected chi connectivity index (χ3v) is 4.66. The van der Waals surface area contributed by atoms with Crippen molar-refractivity contribution in [3.8, 4) is 5.75 Å². The zero-order valence-electron chi connectivity index (χ0n) is 13.0. The van der Waals surface area contributed by atoms with E-state index in [0.717, 1.165) is 19.6 Å². The molecule has 0 aliphatic carbocycles. The number of hydrogen-bond donors (Lipinski definition) is 2. The fourth-order valence-electron chi connectivity index (χ4n) is 3.03. The van der Waals surface area contributed by atoms with Crippen LogP contribution in [-0.2, 0) is 6.54 Å². The van der Waals surface area contributed by atoms with E-state index in [9.17, 15) is 5.11 Å². The molecule has 1 heterocycles. The number of nitrogens with one attached hydrogen (secondary N) is 1. The average Bonchev–Trinajstić information content (AvgIpc) is 2.46. The highest BCUT2D eigenvalue weighted by molar-refractivity contribution is 5.27. The molecule has 3 atom stereocenters. The summed E-state index contributed by atoms with van der Waals surface area (Å²) in [6.07, 6.45) is 2.38. The van der Waals surface area contributed by atoms with Gasteiger partial charge in [-0.3, -0.25) is 4.90 Å². The molecule has 2 rings (SSSR count). The van der Waals surface area contributed by atoms with Crippen molar-refractivity contribution in [1.82, 2.24) is 10.2 Å². The molecule has 0 bridgehead atoms. The van der Waals surface area contributed by atoms with E-state index < -0.39 is 0 Å². The number of aromatic hydroxyl groups is 1. The summed E-state index contributed by atoms with van der Waals surface area (Å²) in [6, 6.07) is 8.83. The van der Waals surface area contributed by atoms with Crippen molar-refractivity contribution in [2.45, 2.75) is 52.2 Å². The van der Waals surface area contributed by atoms with E-state index in [1.54, 1.807) is 6.07 Å². The summed E-state index contributed by atoms with van der Waals surface area (Å²) in [4.78, 5) is 2.57. The largest absolute Gasteiger partial charge is 0.508 e. The van der Waals surface area contributed by atoms with Gasteiger partial charge in [0.15, 0.2) is 0 Å². The summed E-state index contributed by atoms with van der Waals surface area (Å²) in [6.45, 7) is 9.95. The van der Waals surface area contributed by atoms with Crippen molar-refractivity contribution < 1.29 is 5.11 Å². The lowest BCUT2D eigenvalue weighted by Crippen LogP contribution is -2.57. The Labute approximate surface area is 123 Å². The monoisotopic (exact) mass is 276 g/mol. The van der Waals surface area contributed by atoms with Crippen molar-refractivity contribution in [3.63, 3.8) is 0 Å². The van der Waals surface area contributed by atoms with Gasteiger partial charge in [-0.25, -0.2) is 0 Å². The summed E-state index contributed by atoms with van der Waals surface area (Å²) < 4.78 is 0. The fraction of sp³-hybridized carbons (Fsp3) is 0.647. The Bertz CT molecular complexity index is 421. The Balaban J connectivity index is 2.05. The molecule has 112 valence electrons. The van der Waals surface area contributed by atoms with Gasteiger partial charge < -0.3 is 10.4 Å². The summed E-state index contributed by atoms with van der Waals surface area (Å²) in [7, 11) is 0. The second-order valence-electron chi connectivity index (χ2n) is 6.06. The molecule has 0 amide bonds. The van der Waals surface area contributed by atoms with E-state index in [1.807, 2.05) is 12.1 Å². The zero-order valence-corrected chi connectivity index (χ0v) is 13.0. The van der Waals surface area contributed by atoms with Gasteiger partial charge in [0.1, 0.15) is 5.75 Å². The van der Waals surface area contributed by atoms with E-state index in [2.05, 4.69) is 37.1 Å². The first-order valence-electron chi connectivity index (χ1n) is 7.89. The molecule has 1 saturated heterocycles. The molecule has 3 heteroatoms. The van der Waals surface area contributed by atoms with Gasteiger partial charge in [-0.1, -0.05) is 39.3 Å². The Morgan fingerprint density at radius 3 is 2.85 bits per heavy atom. The minimum absolute atomic E-state index is 0.365. The van der Waals surface area contributed by atoms with Gasteiger partial charge in [-0.2, -0.15) is 0 Å². The lowest BCUT2D eigenvalue weighted by atomic mass is 9.94. The number of phenolic OH excluding ortho intramolecular Hbond substituents is 1. The van der Waals surface area contributed by atoms with Crippen LogP contribution in [-0.4, -0.2) is 35.2 Å². The molecule has 0 radical (unpaired) electrons. The minimum Gasteiger partial charge on any atom is -0.508 e. The van der Waals surface area contributed by atoms with Crippen LogP contribution in [0.3, 0.4) is 0 Å². The van der Waals surface area contributed by atoms with Crippen LogP contribution < -0.4 is 5.32 Å². The number of phenols is 1. The Morgan fingerprint density at radius 2 is 2.20 bits per heavy atom. The van der Waals surface area contributed by atoms with Crippen molar-refractivity contribution in [1.29, 1.82) is 0 Å². The smallest absolute Gasteiger partial charge is 0.115 e. The Kier molecular flexibility index (Phi) is 5.44. The van der Waals surface area contributed by atoms with Crippen LogP contribution in [0, 0.1) is 5.92 Å². The van der Waals surface area contributed by atoms with E-state index >= 15 is 0 Å². The standard InChI is InChI=1S/C17H28N2O/c1-4-13(3)17-12-19(15(5-2)10-18-17)11-14-7-6-8-16(20)9-14/h6-9,13,15,17-18,20H,4-5,10-12H2,1-3H3. The first-order valence-corrected chi connectivity index (χ1v) is 7.89. The Morgan fingerprint density at radius 1 is 1.40 bits per heavy atom. The topological polar surface area (TPSA) is 35.5 Å². The number of piperazine rings is 1. The SMILES string of the molecule is CCC(C)C1CN(Cc2cccc(O)c2)C(CC)CN1. The molecular weight excluding hydrogens is 248 g/mol. The van der Waals surface area contributed by atoms with Crippen molar-refractivity contribution >= 4 is 0 Å². The molecule has 20 heavy (non-hydrogen) atoms. The fourth-order valence-corrected chi connectivity index (χ4v) is 3.03. The lowest BCUT2D eigenvalue weighted by Gasteiger charge is -2.42. The van der Waals surface area contributed by atoms with Gasteiger partial charge in [-0.05, 0) is 30.0 Å². The maximum Gasteiger partial charge on any atom is 0.115 e. The molecule has 3 unspecified atom stereocenters. The van der Waals surface area contributed by atoms with Crippen molar-refractivity contribution in [2.24, 2.45) is 5.92 Å². The highest BCUT2D eigenvalue weighted by Gasteiger charge is 2.28. The zero-order chi connectivity index (χ0) is 14.5. The summed E-state index contributed by atoms with van der Waals surface area (Å²) >= 11 is 0. The maximum absolute atomic E-state index is 9.61. The van der Waals surface area contributed by atoms with Crippen LogP contribution in [0.25, 0.3) is 0 Å². The predicted octanol–water partition coefficient (Wildman–Crippen LogP) is 2.99. The second-order valence-corrected chi connectivity index (χ2v) is 6.06. The van der Waals surface area contributed by atoms with Gasteiger partial charge in [-0.15, -0.1) is 0 Å². The number of rotatable bonds is 5. The number of nitrogens with zero attached hydrogens (tertiary/aromatic N) is 1. The Hall–Kier alpha value is -1.06. The lowest BCUT2D eigenvalue weighted by molar-refractivity contribution is 0.0992. The van der Waals surface area contributed by atoms with E-state index in [1.165, 1.54) is 18.4 Å². The average molecular weight is 276 g/mol. The molecule has 1 aromatic rings. The van der Waals surface area contributed by atoms with Crippen molar-refractivity contribution in [3.05, 3.63) is 29.8 Å². The molecule has 1 fully saturated rings. The van der Waals surface area contributed by atoms with Crippen molar-refractivity contribution in [2.75, 3.05) is 13.1 Å². The third-order valence-electron chi connectivity index (χ3n) is 4.66. The quantitative estimate of drug-likeness (QED) is 0.868. The molecular formula is C17H28N2O.